The van der Waals surface area contributed by atoms with Gasteiger partial charge >= 0.3 is 0 Å². The molecule has 1 aliphatic carbocycles. The molecule has 16 heavy (non-hydrogen) atoms. The molecule has 1 aliphatic rings. The number of nitrogens with one attached hydrogen (secondary N) is 1. The Bertz CT molecular complexity index is 327. The highest BCUT2D eigenvalue weighted by Crippen LogP contribution is 2.28. The van der Waals surface area contributed by atoms with Gasteiger partial charge in [0, 0.05) is 12.7 Å². The van der Waals surface area contributed by atoms with Gasteiger partial charge in [0.15, 0.2) is 0 Å². The van der Waals surface area contributed by atoms with Gasteiger partial charge in [-0.2, -0.15) is 0 Å². The average molecular weight is 218 g/mol. The fourth-order valence-corrected chi connectivity index (χ4v) is 2.44. The van der Waals surface area contributed by atoms with Crippen LogP contribution in [0.5, 0.6) is 0 Å². The Morgan fingerprint density at radius 1 is 1.31 bits per heavy atom. The molecule has 2 heteroatoms. The van der Waals surface area contributed by atoms with Gasteiger partial charge in [-0.05, 0) is 43.2 Å². The van der Waals surface area contributed by atoms with E-state index in [9.17, 15) is 0 Å². The standard InChI is InChI=1S/C14H22N2/c1-11-3-5-13(6-4-11)9-16-14-10-15-8-7-12(14)2/h7-8,10-11,13,16H,3-6,9H2,1-2H3. The summed E-state index contributed by atoms with van der Waals surface area (Å²) in [5.74, 6) is 1.80. The Morgan fingerprint density at radius 3 is 2.75 bits per heavy atom. The predicted octanol–water partition coefficient (Wildman–Crippen LogP) is 3.63. The Labute approximate surface area is 98.5 Å². The zero-order valence-electron chi connectivity index (χ0n) is 10.4. The minimum Gasteiger partial charge on any atom is -0.383 e. The first-order valence-electron chi connectivity index (χ1n) is 6.40. The number of aromatic nitrogens is 1. The van der Waals surface area contributed by atoms with E-state index in [1.807, 2.05) is 12.4 Å². The molecule has 1 heterocycles. The summed E-state index contributed by atoms with van der Waals surface area (Å²) in [6.45, 7) is 5.61. The van der Waals surface area contributed by atoms with Gasteiger partial charge in [-0.3, -0.25) is 4.98 Å². The maximum Gasteiger partial charge on any atom is 0.0556 e. The zero-order valence-corrected chi connectivity index (χ0v) is 10.4. The van der Waals surface area contributed by atoms with Gasteiger partial charge in [-0.15, -0.1) is 0 Å². The molecule has 0 amide bonds. The molecular formula is C14H22N2. The summed E-state index contributed by atoms with van der Waals surface area (Å²) in [5, 5.41) is 3.53. The first kappa shape index (κ1) is 11.4. The van der Waals surface area contributed by atoms with Crippen molar-refractivity contribution < 1.29 is 0 Å². The van der Waals surface area contributed by atoms with Crippen molar-refractivity contribution in [3.8, 4) is 0 Å². The molecule has 1 saturated carbocycles. The molecule has 1 aromatic heterocycles. The minimum atomic E-state index is 0.857. The fourth-order valence-electron chi connectivity index (χ4n) is 2.44. The van der Waals surface area contributed by atoms with E-state index in [0.29, 0.717) is 0 Å². The Morgan fingerprint density at radius 2 is 2.06 bits per heavy atom. The van der Waals surface area contributed by atoms with E-state index in [1.165, 1.54) is 36.9 Å². The van der Waals surface area contributed by atoms with Gasteiger partial charge in [-0.25, -0.2) is 0 Å². The zero-order chi connectivity index (χ0) is 11.4. The Balaban J connectivity index is 1.81. The van der Waals surface area contributed by atoms with Crippen LogP contribution in [0.25, 0.3) is 0 Å². The molecule has 1 aromatic rings. The van der Waals surface area contributed by atoms with Crippen molar-refractivity contribution in [2.45, 2.75) is 39.5 Å². The molecule has 88 valence electrons. The molecule has 0 bridgehead atoms. The number of hydrogen-bond donors (Lipinski definition) is 1. The average Bonchev–Trinajstić information content (AvgIpc) is 2.30. The maximum atomic E-state index is 4.16. The van der Waals surface area contributed by atoms with Crippen LogP contribution in [0.4, 0.5) is 5.69 Å². The first-order valence-corrected chi connectivity index (χ1v) is 6.40. The van der Waals surface area contributed by atoms with Crippen LogP contribution in [-0.2, 0) is 0 Å². The monoisotopic (exact) mass is 218 g/mol. The lowest BCUT2D eigenvalue weighted by molar-refractivity contribution is 0.300. The second kappa shape index (κ2) is 5.33. The summed E-state index contributed by atoms with van der Waals surface area (Å²) in [5.41, 5.74) is 2.49. The van der Waals surface area contributed by atoms with E-state index < -0.39 is 0 Å². The number of hydrogen-bond acceptors (Lipinski definition) is 2. The highest BCUT2D eigenvalue weighted by atomic mass is 14.9. The molecular weight excluding hydrogens is 196 g/mol. The number of rotatable bonds is 3. The van der Waals surface area contributed by atoms with Gasteiger partial charge in [0.25, 0.3) is 0 Å². The lowest BCUT2D eigenvalue weighted by Crippen LogP contribution is -2.20. The summed E-state index contributed by atoms with van der Waals surface area (Å²) in [6, 6.07) is 2.06. The highest BCUT2D eigenvalue weighted by molar-refractivity contribution is 5.47. The lowest BCUT2D eigenvalue weighted by Gasteiger charge is -2.26. The summed E-state index contributed by atoms with van der Waals surface area (Å²) in [6.07, 6.45) is 9.35. The molecule has 1 fully saturated rings. The minimum absolute atomic E-state index is 0.857. The van der Waals surface area contributed by atoms with Crippen molar-refractivity contribution in [2.75, 3.05) is 11.9 Å². The van der Waals surface area contributed by atoms with Crippen molar-refractivity contribution in [1.29, 1.82) is 0 Å². The van der Waals surface area contributed by atoms with E-state index in [1.54, 1.807) is 0 Å². The van der Waals surface area contributed by atoms with E-state index >= 15 is 0 Å². The van der Waals surface area contributed by atoms with Gasteiger partial charge in [0.05, 0.1) is 11.9 Å². The largest absolute Gasteiger partial charge is 0.383 e. The Kier molecular flexibility index (Phi) is 3.81. The first-order chi connectivity index (χ1) is 7.75. The van der Waals surface area contributed by atoms with E-state index in [0.717, 1.165) is 18.4 Å². The van der Waals surface area contributed by atoms with Crippen LogP contribution in [0, 0.1) is 18.8 Å². The van der Waals surface area contributed by atoms with Crippen molar-refractivity contribution in [3.05, 3.63) is 24.0 Å². The predicted molar refractivity (Wildman–Crippen MR) is 68.6 cm³/mol. The topological polar surface area (TPSA) is 24.9 Å². The highest BCUT2D eigenvalue weighted by Gasteiger charge is 2.17. The maximum absolute atomic E-state index is 4.16. The van der Waals surface area contributed by atoms with Gasteiger partial charge in [0.2, 0.25) is 0 Å². The SMILES string of the molecule is Cc1ccncc1NCC1CCC(C)CC1. The van der Waals surface area contributed by atoms with Crippen LogP contribution in [0.3, 0.4) is 0 Å². The third-order valence-corrected chi connectivity index (χ3v) is 3.76. The van der Waals surface area contributed by atoms with Crippen molar-refractivity contribution in [1.82, 2.24) is 4.98 Å². The van der Waals surface area contributed by atoms with E-state index in [-0.39, 0.29) is 0 Å². The fraction of sp³-hybridized carbons (Fsp3) is 0.643. The van der Waals surface area contributed by atoms with Crippen LogP contribution in [0.2, 0.25) is 0 Å². The van der Waals surface area contributed by atoms with Crippen LogP contribution in [0.15, 0.2) is 18.5 Å². The number of anilines is 1. The molecule has 0 spiro atoms. The van der Waals surface area contributed by atoms with Crippen molar-refractivity contribution in [2.24, 2.45) is 11.8 Å². The summed E-state index contributed by atoms with van der Waals surface area (Å²) >= 11 is 0. The molecule has 1 N–H and O–H groups in total. The van der Waals surface area contributed by atoms with Crippen LogP contribution < -0.4 is 5.32 Å². The van der Waals surface area contributed by atoms with Crippen LogP contribution in [-0.4, -0.2) is 11.5 Å². The summed E-state index contributed by atoms with van der Waals surface area (Å²) < 4.78 is 0. The summed E-state index contributed by atoms with van der Waals surface area (Å²) in [4.78, 5) is 4.16. The van der Waals surface area contributed by atoms with Gasteiger partial charge in [0.1, 0.15) is 0 Å². The molecule has 0 aromatic carbocycles. The molecule has 0 unspecified atom stereocenters. The molecule has 2 nitrogen and oxygen atoms in total. The van der Waals surface area contributed by atoms with Crippen molar-refractivity contribution >= 4 is 5.69 Å². The quantitative estimate of drug-likeness (QED) is 0.838. The van der Waals surface area contributed by atoms with Gasteiger partial charge in [-0.1, -0.05) is 19.8 Å². The van der Waals surface area contributed by atoms with E-state index in [4.69, 9.17) is 0 Å². The second-order valence-corrected chi connectivity index (χ2v) is 5.20. The molecule has 2 rings (SSSR count). The van der Waals surface area contributed by atoms with Gasteiger partial charge < -0.3 is 5.32 Å². The lowest BCUT2D eigenvalue weighted by atomic mass is 9.83. The normalized spacial score (nSPS) is 25.4. The number of nitrogens with zero attached hydrogens (tertiary/aromatic N) is 1. The van der Waals surface area contributed by atoms with Crippen LogP contribution in [0.1, 0.15) is 38.2 Å². The smallest absolute Gasteiger partial charge is 0.0556 e. The molecule has 0 radical (unpaired) electrons. The number of pyridine rings is 1. The van der Waals surface area contributed by atoms with Crippen LogP contribution >= 0.6 is 0 Å². The third-order valence-electron chi connectivity index (χ3n) is 3.76. The van der Waals surface area contributed by atoms with Crippen molar-refractivity contribution in [3.63, 3.8) is 0 Å². The molecule has 0 saturated heterocycles. The summed E-state index contributed by atoms with van der Waals surface area (Å²) in [7, 11) is 0. The number of aryl methyl sites for hydroxylation is 1. The molecule has 0 atom stereocenters. The third kappa shape index (κ3) is 2.97. The molecule has 0 aliphatic heterocycles. The Hall–Kier alpha value is -1.05. The van der Waals surface area contributed by atoms with E-state index in [2.05, 4.69) is 30.2 Å². The second-order valence-electron chi connectivity index (χ2n) is 5.20.